The highest BCUT2D eigenvalue weighted by atomic mass is 16.4. The van der Waals surface area contributed by atoms with Gasteiger partial charge in [0.15, 0.2) is 6.39 Å². The van der Waals surface area contributed by atoms with Gasteiger partial charge in [0.2, 0.25) is 0 Å². The molecule has 2 N–H and O–H groups in total. The summed E-state index contributed by atoms with van der Waals surface area (Å²) in [7, 11) is 0. The van der Waals surface area contributed by atoms with Gasteiger partial charge in [0, 0.05) is 0 Å². The molecule has 1 saturated heterocycles. The number of carboxylic acids is 1. The number of carbonyl (C=O) groups is 1. The van der Waals surface area contributed by atoms with Gasteiger partial charge >= 0.3 is 5.97 Å². The van der Waals surface area contributed by atoms with Crippen LogP contribution in [-0.4, -0.2) is 22.1 Å². The molecule has 1 aromatic heterocycles. The second kappa shape index (κ2) is 4.02. The molecule has 1 fully saturated rings. The Kier molecular flexibility index (Phi) is 2.73. The summed E-state index contributed by atoms with van der Waals surface area (Å²) in [6.07, 6.45) is 3.90. The Hall–Kier alpha value is -1.36. The van der Waals surface area contributed by atoms with E-state index in [2.05, 4.69) is 10.3 Å². The lowest BCUT2D eigenvalue weighted by Crippen LogP contribution is -2.42. The standard InChI is InChI=1S/C10H14N2O3/c1-6-9(11-5-15-6)7-3-2-4-8(12-7)10(13)14/h5,7-8,12H,2-4H2,1H3,(H,13,14). The molecule has 1 aromatic rings. The number of rotatable bonds is 2. The van der Waals surface area contributed by atoms with Crippen LogP contribution in [0, 0.1) is 6.92 Å². The second-order valence-electron chi connectivity index (χ2n) is 3.83. The van der Waals surface area contributed by atoms with E-state index in [1.165, 1.54) is 6.39 Å². The Labute approximate surface area is 87.5 Å². The van der Waals surface area contributed by atoms with E-state index < -0.39 is 12.0 Å². The van der Waals surface area contributed by atoms with Gasteiger partial charge in [-0.05, 0) is 26.2 Å². The molecule has 2 atom stereocenters. The van der Waals surface area contributed by atoms with Gasteiger partial charge in [-0.15, -0.1) is 0 Å². The van der Waals surface area contributed by atoms with E-state index in [4.69, 9.17) is 9.52 Å². The molecule has 0 amide bonds. The molecule has 1 aliphatic heterocycles. The predicted octanol–water partition coefficient (Wildman–Crippen LogP) is 1.25. The number of aryl methyl sites for hydroxylation is 1. The minimum absolute atomic E-state index is 0.0126. The van der Waals surface area contributed by atoms with E-state index in [1.807, 2.05) is 6.92 Å². The quantitative estimate of drug-likeness (QED) is 0.768. The number of aromatic nitrogens is 1. The minimum atomic E-state index is -0.791. The molecule has 0 radical (unpaired) electrons. The summed E-state index contributed by atoms with van der Waals surface area (Å²) in [5.74, 6) is -0.0283. The van der Waals surface area contributed by atoms with Crippen LogP contribution >= 0.6 is 0 Å². The van der Waals surface area contributed by atoms with Gasteiger partial charge in [0.05, 0.1) is 11.7 Å². The maximum atomic E-state index is 10.8. The Balaban J connectivity index is 2.11. The van der Waals surface area contributed by atoms with Crippen LogP contribution in [0.15, 0.2) is 10.8 Å². The smallest absolute Gasteiger partial charge is 0.320 e. The molecule has 15 heavy (non-hydrogen) atoms. The van der Waals surface area contributed by atoms with E-state index in [1.54, 1.807) is 0 Å². The van der Waals surface area contributed by atoms with Crippen molar-refractivity contribution < 1.29 is 14.3 Å². The van der Waals surface area contributed by atoms with Crippen LogP contribution in [-0.2, 0) is 4.79 Å². The number of hydrogen-bond acceptors (Lipinski definition) is 4. The van der Waals surface area contributed by atoms with Crippen molar-refractivity contribution in [2.24, 2.45) is 0 Å². The molecule has 2 unspecified atom stereocenters. The summed E-state index contributed by atoms with van der Waals surface area (Å²) in [6.45, 7) is 1.84. The number of aliphatic carboxylic acids is 1. The molecule has 0 aliphatic carbocycles. The zero-order valence-corrected chi connectivity index (χ0v) is 8.56. The van der Waals surface area contributed by atoms with Gasteiger partial charge in [0.1, 0.15) is 11.8 Å². The predicted molar refractivity (Wildman–Crippen MR) is 52.4 cm³/mol. The van der Waals surface area contributed by atoms with Gasteiger partial charge in [-0.1, -0.05) is 0 Å². The first kappa shape index (κ1) is 10.2. The molecule has 0 saturated carbocycles. The van der Waals surface area contributed by atoms with Crippen molar-refractivity contribution in [2.45, 2.75) is 38.3 Å². The van der Waals surface area contributed by atoms with Crippen LogP contribution in [0.25, 0.3) is 0 Å². The van der Waals surface area contributed by atoms with Crippen LogP contribution < -0.4 is 5.32 Å². The zero-order valence-electron chi connectivity index (χ0n) is 8.56. The van der Waals surface area contributed by atoms with Crippen LogP contribution in [0.4, 0.5) is 0 Å². The lowest BCUT2D eigenvalue weighted by molar-refractivity contribution is -0.140. The molecule has 2 heterocycles. The molecule has 0 bridgehead atoms. The van der Waals surface area contributed by atoms with E-state index in [0.29, 0.717) is 6.42 Å². The molecule has 1 aliphatic rings. The molecule has 82 valence electrons. The van der Waals surface area contributed by atoms with E-state index in [0.717, 1.165) is 24.3 Å². The summed E-state index contributed by atoms with van der Waals surface area (Å²) < 4.78 is 5.11. The highest BCUT2D eigenvalue weighted by Gasteiger charge is 2.29. The lowest BCUT2D eigenvalue weighted by Gasteiger charge is -2.27. The number of carboxylic acid groups (broad SMARTS) is 1. The van der Waals surface area contributed by atoms with Crippen molar-refractivity contribution in [1.82, 2.24) is 10.3 Å². The van der Waals surface area contributed by atoms with Crippen LogP contribution in [0.3, 0.4) is 0 Å². The Morgan fingerprint density at radius 2 is 2.47 bits per heavy atom. The van der Waals surface area contributed by atoms with Crippen molar-refractivity contribution in [1.29, 1.82) is 0 Å². The SMILES string of the molecule is Cc1ocnc1C1CCCC(C(=O)O)N1. The topological polar surface area (TPSA) is 75.4 Å². The maximum Gasteiger partial charge on any atom is 0.320 e. The first-order valence-corrected chi connectivity index (χ1v) is 5.07. The molecule has 5 heteroatoms. The number of oxazole rings is 1. The van der Waals surface area contributed by atoms with Gasteiger partial charge < -0.3 is 9.52 Å². The number of nitrogens with zero attached hydrogens (tertiary/aromatic N) is 1. The van der Waals surface area contributed by atoms with Crippen molar-refractivity contribution >= 4 is 5.97 Å². The first-order valence-electron chi connectivity index (χ1n) is 5.07. The van der Waals surface area contributed by atoms with Gasteiger partial charge in [-0.3, -0.25) is 10.1 Å². The third kappa shape index (κ3) is 2.02. The summed E-state index contributed by atoms with van der Waals surface area (Å²) in [5.41, 5.74) is 0.834. The van der Waals surface area contributed by atoms with Gasteiger partial charge in [-0.25, -0.2) is 4.98 Å². The van der Waals surface area contributed by atoms with E-state index >= 15 is 0 Å². The average Bonchev–Trinajstić information content (AvgIpc) is 2.64. The zero-order chi connectivity index (χ0) is 10.8. The lowest BCUT2D eigenvalue weighted by atomic mass is 9.96. The van der Waals surface area contributed by atoms with E-state index in [9.17, 15) is 4.79 Å². The molecule has 5 nitrogen and oxygen atoms in total. The fourth-order valence-corrected chi connectivity index (χ4v) is 1.99. The van der Waals surface area contributed by atoms with Gasteiger partial charge in [-0.2, -0.15) is 0 Å². The molecular formula is C10H14N2O3. The Morgan fingerprint density at radius 3 is 3.07 bits per heavy atom. The highest BCUT2D eigenvalue weighted by molar-refractivity contribution is 5.73. The molecular weight excluding hydrogens is 196 g/mol. The monoisotopic (exact) mass is 210 g/mol. The fourth-order valence-electron chi connectivity index (χ4n) is 1.99. The summed E-state index contributed by atoms with van der Waals surface area (Å²) in [6, 6.07) is -0.446. The summed E-state index contributed by atoms with van der Waals surface area (Å²) in [4.78, 5) is 15.0. The Bertz CT molecular complexity index is 361. The van der Waals surface area contributed by atoms with Crippen molar-refractivity contribution in [3.8, 4) is 0 Å². The summed E-state index contributed by atoms with van der Waals surface area (Å²) in [5, 5.41) is 12.0. The minimum Gasteiger partial charge on any atom is -0.480 e. The summed E-state index contributed by atoms with van der Waals surface area (Å²) >= 11 is 0. The second-order valence-corrected chi connectivity index (χ2v) is 3.83. The van der Waals surface area contributed by atoms with E-state index in [-0.39, 0.29) is 6.04 Å². The number of hydrogen-bond donors (Lipinski definition) is 2. The fraction of sp³-hybridized carbons (Fsp3) is 0.600. The number of piperidine rings is 1. The third-order valence-electron chi connectivity index (χ3n) is 2.80. The van der Waals surface area contributed by atoms with Crippen molar-refractivity contribution in [3.05, 3.63) is 17.8 Å². The maximum absolute atomic E-state index is 10.8. The number of nitrogens with one attached hydrogen (secondary N) is 1. The molecule has 2 rings (SSSR count). The average molecular weight is 210 g/mol. The normalized spacial score (nSPS) is 26.5. The first-order chi connectivity index (χ1) is 7.18. The van der Waals surface area contributed by atoms with Crippen LogP contribution in [0.1, 0.15) is 36.8 Å². The molecule has 0 spiro atoms. The van der Waals surface area contributed by atoms with Gasteiger partial charge in [0.25, 0.3) is 0 Å². The van der Waals surface area contributed by atoms with Crippen molar-refractivity contribution in [3.63, 3.8) is 0 Å². The Morgan fingerprint density at radius 1 is 1.67 bits per heavy atom. The molecule has 0 aromatic carbocycles. The highest BCUT2D eigenvalue weighted by Crippen LogP contribution is 2.26. The van der Waals surface area contributed by atoms with Crippen LogP contribution in [0.2, 0.25) is 0 Å². The largest absolute Gasteiger partial charge is 0.480 e. The van der Waals surface area contributed by atoms with Crippen molar-refractivity contribution in [2.75, 3.05) is 0 Å². The third-order valence-corrected chi connectivity index (χ3v) is 2.80. The van der Waals surface area contributed by atoms with Crippen LogP contribution in [0.5, 0.6) is 0 Å².